The van der Waals surface area contributed by atoms with E-state index in [1.165, 1.54) is 0 Å². The highest BCUT2D eigenvalue weighted by atomic mass is 16.5. The van der Waals surface area contributed by atoms with Crippen molar-refractivity contribution in [2.45, 2.75) is 32.4 Å². The predicted molar refractivity (Wildman–Crippen MR) is 134 cm³/mol. The van der Waals surface area contributed by atoms with Gasteiger partial charge >= 0.3 is 0 Å². The number of fused-ring (bicyclic) bond motifs is 1. The molecule has 2 atom stereocenters. The third kappa shape index (κ3) is 4.74. The lowest BCUT2D eigenvalue weighted by molar-refractivity contribution is -0.117. The fraction of sp³-hybridized carbons (Fsp3) is 0.333. The van der Waals surface area contributed by atoms with Crippen molar-refractivity contribution in [3.63, 3.8) is 0 Å². The van der Waals surface area contributed by atoms with Crippen molar-refractivity contribution >= 4 is 23.3 Å². The molecule has 3 aromatic rings. The summed E-state index contributed by atoms with van der Waals surface area (Å²) in [5, 5.41) is 3.54. The van der Waals surface area contributed by atoms with Gasteiger partial charge in [-0.2, -0.15) is 0 Å². The molecule has 0 radical (unpaired) electrons. The summed E-state index contributed by atoms with van der Waals surface area (Å²) in [5.74, 6) is 0.747. The number of hydrogen-bond donors (Lipinski definition) is 1. The Kier molecular flexibility index (Phi) is 6.46. The lowest BCUT2D eigenvalue weighted by Gasteiger charge is -2.39. The van der Waals surface area contributed by atoms with Crippen LogP contribution in [0.15, 0.2) is 60.9 Å². The van der Waals surface area contributed by atoms with Crippen molar-refractivity contribution in [1.29, 1.82) is 0 Å². The van der Waals surface area contributed by atoms with Crippen molar-refractivity contribution in [3.8, 4) is 11.1 Å². The number of nitrogens with one attached hydrogen (secondary N) is 1. The summed E-state index contributed by atoms with van der Waals surface area (Å²) < 4.78 is 5.34. The molecular formula is C27H29N5O3. The number of carbonyl (C=O) groups excluding carboxylic acids is 2. The van der Waals surface area contributed by atoms with Crippen LogP contribution in [-0.4, -0.2) is 59.0 Å². The Morgan fingerprint density at radius 1 is 1.03 bits per heavy atom. The average molecular weight is 472 g/mol. The molecule has 4 heterocycles. The second kappa shape index (κ2) is 9.84. The van der Waals surface area contributed by atoms with Crippen LogP contribution in [-0.2, 0) is 9.53 Å². The van der Waals surface area contributed by atoms with Crippen molar-refractivity contribution in [3.05, 3.63) is 72.2 Å². The van der Waals surface area contributed by atoms with Gasteiger partial charge < -0.3 is 19.9 Å². The van der Waals surface area contributed by atoms with Crippen LogP contribution < -0.4 is 10.2 Å². The topological polar surface area (TPSA) is 87.7 Å². The van der Waals surface area contributed by atoms with Gasteiger partial charge in [-0.05, 0) is 54.8 Å². The molecule has 2 amide bonds. The van der Waals surface area contributed by atoms with Gasteiger partial charge in [-0.15, -0.1) is 0 Å². The molecule has 0 saturated carbocycles. The molecule has 180 valence electrons. The number of rotatable bonds is 4. The van der Waals surface area contributed by atoms with Gasteiger partial charge in [0.05, 0.1) is 19.3 Å². The zero-order chi connectivity index (χ0) is 24.4. The molecule has 1 fully saturated rings. The maximum atomic E-state index is 12.7. The molecule has 2 aliphatic rings. The highest BCUT2D eigenvalue weighted by molar-refractivity contribution is 5.95. The Balaban J connectivity index is 1.45. The Morgan fingerprint density at radius 3 is 2.51 bits per heavy atom. The van der Waals surface area contributed by atoms with Gasteiger partial charge in [0, 0.05) is 49.7 Å². The first-order chi connectivity index (χ1) is 17.0. The summed E-state index contributed by atoms with van der Waals surface area (Å²) in [4.78, 5) is 37.7. The molecule has 2 unspecified atom stereocenters. The molecule has 0 spiro atoms. The molecule has 1 aromatic carbocycles. The number of pyridine rings is 2. The minimum absolute atomic E-state index is 0.000538. The van der Waals surface area contributed by atoms with Gasteiger partial charge in [0.25, 0.3) is 5.91 Å². The second-order valence-corrected chi connectivity index (χ2v) is 9.00. The molecule has 8 nitrogen and oxygen atoms in total. The molecule has 5 rings (SSSR count). The van der Waals surface area contributed by atoms with E-state index in [4.69, 9.17) is 4.74 Å². The molecular weight excluding hydrogens is 442 g/mol. The minimum atomic E-state index is -0.0731. The van der Waals surface area contributed by atoms with Crippen LogP contribution in [0.1, 0.15) is 42.4 Å². The van der Waals surface area contributed by atoms with Crippen LogP contribution >= 0.6 is 0 Å². The van der Waals surface area contributed by atoms with Gasteiger partial charge in [0.2, 0.25) is 5.91 Å². The summed E-state index contributed by atoms with van der Waals surface area (Å²) in [6.45, 7) is 5.96. The lowest BCUT2D eigenvalue weighted by atomic mass is 9.89. The van der Waals surface area contributed by atoms with Crippen molar-refractivity contribution in [1.82, 2.24) is 14.9 Å². The first-order valence-corrected chi connectivity index (χ1v) is 12.0. The number of aromatic nitrogens is 2. The first-order valence-electron chi connectivity index (χ1n) is 12.0. The molecule has 35 heavy (non-hydrogen) atoms. The maximum absolute atomic E-state index is 12.7. The smallest absolute Gasteiger partial charge is 0.272 e. The molecule has 2 aliphatic heterocycles. The maximum Gasteiger partial charge on any atom is 0.272 e. The Hall–Kier alpha value is -3.78. The van der Waals surface area contributed by atoms with Gasteiger partial charge in [-0.3, -0.25) is 14.6 Å². The average Bonchev–Trinajstić information content (AvgIpc) is 2.89. The van der Waals surface area contributed by atoms with Crippen LogP contribution in [0.4, 0.5) is 11.5 Å². The minimum Gasteiger partial charge on any atom is -0.378 e. The predicted octanol–water partition coefficient (Wildman–Crippen LogP) is 3.91. The van der Waals surface area contributed by atoms with E-state index in [1.54, 1.807) is 30.3 Å². The number of nitrogens with zero attached hydrogens (tertiary/aromatic N) is 4. The Labute approximate surface area is 204 Å². The number of ether oxygens (including phenoxy) is 1. The van der Waals surface area contributed by atoms with Crippen LogP contribution in [0.2, 0.25) is 0 Å². The Morgan fingerprint density at radius 2 is 1.83 bits per heavy atom. The zero-order valence-electron chi connectivity index (χ0n) is 20.0. The van der Waals surface area contributed by atoms with Gasteiger partial charge in [-0.1, -0.05) is 18.2 Å². The SMILES string of the molecule is CC(=O)N1c2ccc(-c3ccc(C(=O)N4CCOCC4)nc3)cc2C(Nc2ccccn2)CC1C. The third-order valence-electron chi connectivity index (χ3n) is 6.62. The van der Waals surface area contributed by atoms with Crippen LogP contribution in [0.5, 0.6) is 0 Å². The molecule has 2 aromatic heterocycles. The number of amides is 2. The fourth-order valence-electron chi connectivity index (χ4n) is 4.91. The van der Waals surface area contributed by atoms with E-state index in [-0.39, 0.29) is 23.9 Å². The summed E-state index contributed by atoms with van der Waals surface area (Å²) in [5.41, 5.74) is 4.26. The number of morpholine rings is 1. The zero-order valence-corrected chi connectivity index (χ0v) is 20.0. The van der Waals surface area contributed by atoms with Gasteiger partial charge in [0.15, 0.2) is 0 Å². The van der Waals surface area contributed by atoms with Gasteiger partial charge in [0.1, 0.15) is 11.5 Å². The van der Waals surface area contributed by atoms with Crippen LogP contribution in [0.3, 0.4) is 0 Å². The lowest BCUT2D eigenvalue weighted by Crippen LogP contribution is -2.43. The Bertz CT molecular complexity index is 1210. The van der Waals surface area contributed by atoms with E-state index in [9.17, 15) is 9.59 Å². The van der Waals surface area contributed by atoms with E-state index in [0.29, 0.717) is 32.0 Å². The molecule has 0 bridgehead atoms. The van der Waals surface area contributed by atoms with E-state index in [0.717, 1.165) is 34.6 Å². The normalized spacial score (nSPS) is 19.7. The van der Waals surface area contributed by atoms with Crippen molar-refractivity contribution < 1.29 is 14.3 Å². The monoisotopic (exact) mass is 471 g/mol. The highest BCUT2D eigenvalue weighted by Crippen LogP contribution is 2.40. The molecule has 1 N–H and O–H groups in total. The second-order valence-electron chi connectivity index (χ2n) is 9.00. The largest absolute Gasteiger partial charge is 0.378 e. The van der Waals surface area contributed by atoms with E-state index in [2.05, 4.69) is 28.3 Å². The first kappa shape index (κ1) is 23.0. The quantitative estimate of drug-likeness (QED) is 0.621. The summed E-state index contributed by atoms with van der Waals surface area (Å²) in [6.07, 6.45) is 4.27. The molecule has 0 aliphatic carbocycles. The number of hydrogen-bond acceptors (Lipinski definition) is 6. The van der Waals surface area contributed by atoms with Crippen molar-refractivity contribution in [2.24, 2.45) is 0 Å². The van der Waals surface area contributed by atoms with Gasteiger partial charge in [-0.25, -0.2) is 4.98 Å². The van der Waals surface area contributed by atoms with E-state index in [1.807, 2.05) is 41.3 Å². The third-order valence-corrected chi connectivity index (χ3v) is 6.62. The molecule has 8 heteroatoms. The number of carbonyl (C=O) groups is 2. The van der Waals surface area contributed by atoms with Crippen LogP contribution in [0.25, 0.3) is 11.1 Å². The summed E-state index contributed by atoms with van der Waals surface area (Å²) >= 11 is 0. The number of anilines is 2. The van der Waals surface area contributed by atoms with E-state index < -0.39 is 0 Å². The standard InChI is InChI=1S/C27H29N5O3/c1-18-15-24(30-26-5-3-4-10-28-26)22-16-20(7-9-25(22)32(18)19(2)33)21-6-8-23(29-17-21)27(34)31-11-13-35-14-12-31/h3-10,16-18,24H,11-15H2,1-2H3,(H,28,30). The fourth-order valence-corrected chi connectivity index (χ4v) is 4.91. The number of benzene rings is 1. The van der Waals surface area contributed by atoms with Crippen molar-refractivity contribution in [2.75, 3.05) is 36.5 Å². The molecule has 1 saturated heterocycles. The summed E-state index contributed by atoms with van der Waals surface area (Å²) in [6, 6.07) is 15.7. The highest BCUT2D eigenvalue weighted by Gasteiger charge is 2.33. The van der Waals surface area contributed by atoms with E-state index >= 15 is 0 Å². The van der Waals surface area contributed by atoms with Crippen LogP contribution in [0, 0.1) is 0 Å². The summed E-state index contributed by atoms with van der Waals surface area (Å²) in [7, 11) is 0.